The van der Waals surface area contributed by atoms with E-state index < -0.39 is 22.9 Å². The first-order chi connectivity index (χ1) is 26.8. The van der Waals surface area contributed by atoms with Crippen LogP contribution in [0.15, 0.2) is 96.6 Å². The number of aliphatic hydroxyl groups excluding tert-OH is 1. The van der Waals surface area contributed by atoms with Gasteiger partial charge in [-0.3, -0.25) is 4.79 Å². The van der Waals surface area contributed by atoms with Gasteiger partial charge in [0.1, 0.15) is 17.3 Å². The number of anilines is 1. The number of allylic oxidation sites excluding steroid dienone is 2. The average Bonchev–Trinajstić information content (AvgIpc) is 3.43. The highest BCUT2D eigenvalue weighted by Crippen LogP contribution is 2.59. The van der Waals surface area contributed by atoms with E-state index in [0.29, 0.717) is 67.7 Å². The smallest absolute Gasteiger partial charge is 0.322 e. The molecule has 0 aliphatic heterocycles. The molecule has 56 heavy (non-hydrogen) atoms. The third-order valence-corrected chi connectivity index (χ3v) is 12.3. The van der Waals surface area contributed by atoms with Gasteiger partial charge in [-0.05, 0) is 111 Å². The second-order valence-corrected chi connectivity index (χ2v) is 16.0. The summed E-state index contributed by atoms with van der Waals surface area (Å²) in [6.07, 6.45) is 5.07. The van der Waals surface area contributed by atoms with E-state index in [9.17, 15) is 19.8 Å². The number of hydrogen-bond acceptors (Lipinski definition) is 6. The van der Waals surface area contributed by atoms with Crippen LogP contribution < -0.4 is 14.8 Å². The van der Waals surface area contributed by atoms with Crippen LogP contribution in [0, 0.1) is 11.2 Å². The Bertz CT molecular complexity index is 2050. The van der Waals surface area contributed by atoms with Crippen LogP contribution in [0.3, 0.4) is 0 Å². The van der Waals surface area contributed by atoms with Crippen molar-refractivity contribution < 1.29 is 33.7 Å². The number of ether oxygens (including phenoxy) is 2. The number of Topliss-reactive ketones (excluding diaryl/α,β-unsaturated/α-hetero) is 1. The lowest BCUT2D eigenvalue weighted by Crippen LogP contribution is -2.54. The van der Waals surface area contributed by atoms with Gasteiger partial charge in [0.05, 0.1) is 39.0 Å². The van der Waals surface area contributed by atoms with Gasteiger partial charge in [0, 0.05) is 45.3 Å². The number of nitrogens with one attached hydrogen (secondary N) is 1. The summed E-state index contributed by atoms with van der Waals surface area (Å²) in [5, 5.41) is 27.3. The third-order valence-electron chi connectivity index (χ3n) is 12.0. The van der Waals surface area contributed by atoms with Crippen molar-refractivity contribution in [1.29, 1.82) is 0 Å². The Hall–Kier alpha value is -4.70. The molecule has 0 heterocycles. The molecule has 3 N–H and O–H groups in total. The number of ketones is 1. The van der Waals surface area contributed by atoms with E-state index in [4.69, 9.17) is 21.1 Å². The van der Waals surface area contributed by atoms with Crippen LogP contribution in [0.5, 0.6) is 11.5 Å². The van der Waals surface area contributed by atoms with E-state index in [1.54, 1.807) is 31.3 Å². The molecule has 3 aliphatic rings. The Kier molecular flexibility index (Phi) is 12.9. The standard InChI is InChI=1S/C46H52ClFN2O6/c1-30-10-9-22-45(2)39(36-20-16-31(24-34(51)18-15-30)25-37(36)42(52)27-38-40(47)13-8-14-41(38)48)21-23-46(45,54)29-50(44(53)49-33-11-6-5-7-12-33)28-32-17-19-35(55-3)26-43(32)56-4/h5-8,10-14,16-17,19-20,25-26,34,39,51,54H,9,15,18,21-24,27-29H2,1-4H3,(H,49,53). The number of urea groups is 1. The maximum Gasteiger partial charge on any atom is 0.322 e. The molecule has 3 aliphatic carbocycles. The Morgan fingerprint density at radius 1 is 0.982 bits per heavy atom. The molecule has 10 heteroatoms. The molecule has 7 rings (SSSR count). The molecule has 8 nitrogen and oxygen atoms in total. The van der Waals surface area contributed by atoms with Crippen LogP contribution in [0.25, 0.3) is 0 Å². The lowest BCUT2D eigenvalue weighted by Gasteiger charge is -2.46. The number of halogens is 2. The molecule has 1 fully saturated rings. The van der Waals surface area contributed by atoms with E-state index in [0.717, 1.165) is 22.3 Å². The number of carbonyl (C=O) groups excluding carboxylic acids is 2. The van der Waals surface area contributed by atoms with Crippen molar-refractivity contribution in [3.63, 3.8) is 0 Å². The first-order valence-corrected chi connectivity index (χ1v) is 19.7. The van der Waals surface area contributed by atoms with Crippen molar-refractivity contribution in [2.45, 2.75) is 89.4 Å². The number of fused-ring (bicyclic) bond motifs is 8. The van der Waals surface area contributed by atoms with Crippen molar-refractivity contribution >= 4 is 29.1 Å². The van der Waals surface area contributed by atoms with Crippen LogP contribution in [-0.2, 0) is 19.4 Å². The minimum absolute atomic E-state index is 0.00502. The maximum absolute atomic E-state index is 15.0. The third kappa shape index (κ3) is 8.96. The number of para-hydroxylation sites is 1. The van der Waals surface area contributed by atoms with Crippen molar-refractivity contribution in [3.05, 3.63) is 135 Å². The summed E-state index contributed by atoms with van der Waals surface area (Å²) in [7, 11) is 3.15. The van der Waals surface area contributed by atoms with Crippen LogP contribution in [0.2, 0.25) is 5.02 Å². The van der Waals surface area contributed by atoms with E-state index >= 15 is 4.39 Å². The van der Waals surface area contributed by atoms with Crippen molar-refractivity contribution in [3.8, 4) is 11.5 Å². The molecular formula is C46H52ClFN2O6. The molecule has 4 unspecified atom stereocenters. The number of aliphatic hydroxyl groups is 2. The Morgan fingerprint density at radius 3 is 2.50 bits per heavy atom. The number of rotatable bonds is 10. The summed E-state index contributed by atoms with van der Waals surface area (Å²) in [6.45, 7) is 4.27. The Balaban J connectivity index is 1.43. The molecule has 0 saturated heterocycles. The van der Waals surface area contributed by atoms with Crippen LogP contribution in [-0.4, -0.2) is 59.4 Å². The quantitative estimate of drug-likeness (QED) is 0.109. The highest BCUT2D eigenvalue weighted by Gasteiger charge is 2.57. The van der Waals surface area contributed by atoms with Gasteiger partial charge < -0.3 is 29.9 Å². The van der Waals surface area contributed by atoms with Gasteiger partial charge in [-0.25, -0.2) is 9.18 Å². The normalized spacial score (nSPS) is 22.4. The molecule has 4 atom stereocenters. The lowest BCUT2D eigenvalue weighted by molar-refractivity contribution is -0.0773. The monoisotopic (exact) mass is 782 g/mol. The van der Waals surface area contributed by atoms with Crippen LogP contribution in [0.4, 0.5) is 14.9 Å². The predicted octanol–water partition coefficient (Wildman–Crippen LogP) is 9.69. The largest absolute Gasteiger partial charge is 0.497 e. The number of amides is 2. The van der Waals surface area contributed by atoms with Crippen molar-refractivity contribution in [2.75, 3.05) is 26.1 Å². The summed E-state index contributed by atoms with van der Waals surface area (Å²) >= 11 is 6.41. The number of hydrogen-bond donors (Lipinski definition) is 3. The van der Waals surface area contributed by atoms with Gasteiger partial charge in [-0.15, -0.1) is 0 Å². The zero-order chi connectivity index (χ0) is 40.0. The zero-order valence-electron chi connectivity index (χ0n) is 32.6. The molecular weight excluding hydrogens is 731 g/mol. The molecule has 4 aromatic carbocycles. The number of nitrogens with zero attached hydrogens (tertiary/aromatic N) is 1. The highest BCUT2D eigenvalue weighted by atomic mass is 35.5. The SMILES string of the molecule is COc1ccc(CN(CC2(O)CCC3c4ccc(cc4C(=O)Cc4c(F)cccc4Cl)CC(O)CCC(C)=CCCC32C)C(=O)Nc2ccccc2)c(OC)c1. The minimum atomic E-state index is -1.39. The number of methoxy groups -OCH3 is 2. The van der Waals surface area contributed by atoms with E-state index in [2.05, 4.69) is 25.2 Å². The topological polar surface area (TPSA) is 108 Å². The van der Waals surface area contributed by atoms with Gasteiger partial charge in [0.2, 0.25) is 0 Å². The lowest BCUT2D eigenvalue weighted by atomic mass is 9.64. The Labute approximate surface area is 334 Å². The molecule has 1 saturated carbocycles. The fourth-order valence-corrected chi connectivity index (χ4v) is 8.86. The first-order valence-electron chi connectivity index (χ1n) is 19.3. The van der Waals surface area contributed by atoms with Crippen molar-refractivity contribution in [2.24, 2.45) is 5.41 Å². The summed E-state index contributed by atoms with van der Waals surface area (Å²) in [5.74, 6) is 0.0195. The summed E-state index contributed by atoms with van der Waals surface area (Å²) < 4.78 is 26.2. The van der Waals surface area contributed by atoms with E-state index in [-0.39, 0.29) is 47.8 Å². The number of benzene rings is 4. The molecule has 4 aromatic rings. The van der Waals surface area contributed by atoms with Gasteiger partial charge in [0.25, 0.3) is 0 Å². The second-order valence-electron chi connectivity index (χ2n) is 15.6. The zero-order valence-corrected chi connectivity index (χ0v) is 33.4. The van der Waals surface area contributed by atoms with Gasteiger partial charge in [-0.2, -0.15) is 0 Å². The predicted molar refractivity (Wildman–Crippen MR) is 218 cm³/mol. The molecule has 0 spiro atoms. The second kappa shape index (κ2) is 17.6. The van der Waals surface area contributed by atoms with Gasteiger partial charge in [0.15, 0.2) is 5.78 Å². The molecule has 0 radical (unpaired) electrons. The summed E-state index contributed by atoms with van der Waals surface area (Å²) in [6, 6.07) is 24.4. The van der Waals surface area contributed by atoms with Gasteiger partial charge >= 0.3 is 6.03 Å². The summed E-state index contributed by atoms with van der Waals surface area (Å²) in [4.78, 5) is 30.3. The Morgan fingerprint density at radius 2 is 1.77 bits per heavy atom. The average molecular weight is 783 g/mol. The minimum Gasteiger partial charge on any atom is -0.497 e. The van der Waals surface area contributed by atoms with E-state index in [1.807, 2.05) is 60.7 Å². The molecule has 2 bridgehead atoms. The first kappa shape index (κ1) is 40.9. The fraction of sp³-hybridized carbons (Fsp3) is 0.391. The molecule has 2 amide bonds. The van der Waals surface area contributed by atoms with Crippen molar-refractivity contribution in [1.82, 2.24) is 4.90 Å². The number of carbonyl (C=O) groups is 2. The molecule has 296 valence electrons. The van der Waals surface area contributed by atoms with Crippen LogP contribution in [0.1, 0.15) is 90.9 Å². The fourth-order valence-electron chi connectivity index (χ4n) is 8.63. The van der Waals surface area contributed by atoms with E-state index in [1.165, 1.54) is 12.1 Å². The maximum atomic E-state index is 15.0. The highest BCUT2D eigenvalue weighted by molar-refractivity contribution is 6.31. The van der Waals surface area contributed by atoms with Gasteiger partial charge in [-0.1, -0.05) is 66.6 Å². The van der Waals surface area contributed by atoms with Crippen LogP contribution >= 0.6 is 11.6 Å². The summed E-state index contributed by atoms with van der Waals surface area (Å²) in [5.41, 5.74) is 2.41. The molecule has 0 aromatic heterocycles.